The van der Waals surface area contributed by atoms with E-state index >= 15 is 0 Å². The van der Waals surface area contributed by atoms with Gasteiger partial charge in [0.15, 0.2) is 0 Å². The highest BCUT2D eigenvalue weighted by Gasteiger charge is 2.13. The number of nitrogens with one attached hydrogen (secondary N) is 1. The second kappa shape index (κ2) is 10.5. The predicted octanol–water partition coefficient (Wildman–Crippen LogP) is 6.70. The van der Waals surface area contributed by atoms with Crippen molar-refractivity contribution in [2.75, 3.05) is 5.32 Å². The van der Waals surface area contributed by atoms with Crippen molar-refractivity contribution in [1.29, 1.82) is 5.26 Å². The molecule has 0 fully saturated rings. The topological polar surface area (TPSA) is 82.3 Å². The standard InChI is InChI=1S/C23H15Br2ClN2O3/c24-20-10-15(9-16(12-27)23(30)28-18-5-7-19(29)8-6-18)11-21(25)22(20)31-13-14-1-3-17(26)4-2-14/h1-11,29H,13H2,(H,28,30)/b16-9+. The second-order valence-electron chi connectivity index (χ2n) is 6.40. The van der Waals surface area contributed by atoms with Gasteiger partial charge in [-0.2, -0.15) is 5.26 Å². The quantitative estimate of drug-likeness (QED) is 0.199. The summed E-state index contributed by atoms with van der Waals surface area (Å²) in [6.07, 6.45) is 1.48. The lowest BCUT2D eigenvalue weighted by atomic mass is 10.1. The number of carbonyl (C=O) groups excluding carboxylic acids is 1. The van der Waals surface area contributed by atoms with Crippen LogP contribution in [0.1, 0.15) is 11.1 Å². The number of phenols is 1. The van der Waals surface area contributed by atoms with E-state index in [9.17, 15) is 15.2 Å². The van der Waals surface area contributed by atoms with Crippen LogP contribution in [0.5, 0.6) is 11.5 Å². The zero-order valence-electron chi connectivity index (χ0n) is 15.9. The van der Waals surface area contributed by atoms with Crippen LogP contribution in [0.15, 0.2) is 75.2 Å². The van der Waals surface area contributed by atoms with E-state index in [0.717, 1.165) is 5.56 Å². The summed E-state index contributed by atoms with van der Waals surface area (Å²) in [4.78, 5) is 12.4. The Morgan fingerprint density at radius 3 is 2.29 bits per heavy atom. The number of nitriles is 1. The van der Waals surface area contributed by atoms with Gasteiger partial charge < -0.3 is 15.2 Å². The van der Waals surface area contributed by atoms with Crippen LogP contribution < -0.4 is 10.1 Å². The first-order valence-corrected chi connectivity index (χ1v) is 10.9. The third-order valence-corrected chi connectivity index (χ3v) is 5.55. The first kappa shape index (κ1) is 22.9. The zero-order chi connectivity index (χ0) is 22.4. The van der Waals surface area contributed by atoms with Gasteiger partial charge in [0.1, 0.15) is 29.7 Å². The summed E-state index contributed by atoms with van der Waals surface area (Å²) >= 11 is 12.9. The van der Waals surface area contributed by atoms with E-state index in [2.05, 4.69) is 37.2 Å². The number of hydrogen-bond donors (Lipinski definition) is 2. The van der Waals surface area contributed by atoms with Gasteiger partial charge in [0, 0.05) is 10.7 Å². The average molecular weight is 563 g/mol. The number of phenolic OH excluding ortho intramolecular Hbond substituents is 1. The summed E-state index contributed by atoms with van der Waals surface area (Å²) in [6.45, 7) is 0.349. The van der Waals surface area contributed by atoms with E-state index < -0.39 is 5.91 Å². The van der Waals surface area contributed by atoms with Crippen molar-refractivity contribution in [1.82, 2.24) is 0 Å². The molecule has 0 radical (unpaired) electrons. The summed E-state index contributed by atoms with van der Waals surface area (Å²) in [5.74, 6) is 0.129. The summed E-state index contributed by atoms with van der Waals surface area (Å²) < 4.78 is 7.22. The van der Waals surface area contributed by atoms with E-state index in [1.54, 1.807) is 36.4 Å². The highest BCUT2D eigenvalue weighted by molar-refractivity contribution is 9.11. The van der Waals surface area contributed by atoms with E-state index in [-0.39, 0.29) is 11.3 Å². The summed E-state index contributed by atoms with van der Waals surface area (Å²) in [5.41, 5.74) is 2.00. The molecule has 8 heteroatoms. The maximum atomic E-state index is 12.4. The van der Waals surface area contributed by atoms with Crippen molar-refractivity contribution in [2.24, 2.45) is 0 Å². The minimum Gasteiger partial charge on any atom is -0.508 e. The first-order valence-electron chi connectivity index (χ1n) is 8.94. The molecule has 156 valence electrons. The smallest absolute Gasteiger partial charge is 0.266 e. The van der Waals surface area contributed by atoms with Crippen LogP contribution in [0, 0.1) is 11.3 Å². The van der Waals surface area contributed by atoms with Crippen LogP contribution in [0.25, 0.3) is 6.08 Å². The SMILES string of the molecule is N#C/C(=C\c1cc(Br)c(OCc2ccc(Cl)cc2)c(Br)c1)C(=O)Nc1ccc(O)cc1. The van der Waals surface area contributed by atoms with Gasteiger partial charge in [0.05, 0.1) is 8.95 Å². The van der Waals surface area contributed by atoms with Gasteiger partial charge in [-0.15, -0.1) is 0 Å². The Hall–Kier alpha value is -2.79. The molecule has 0 spiro atoms. The van der Waals surface area contributed by atoms with E-state index in [1.165, 1.54) is 18.2 Å². The lowest BCUT2D eigenvalue weighted by Gasteiger charge is -2.12. The van der Waals surface area contributed by atoms with Crippen LogP contribution in [-0.4, -0.2) is 11.0 Å². The molecular weight excluding hydrogens is 548 g/mol. The maximum Gasteiger partial charge on any atom is 0.266 e. The zero-order valence-corrected chi connectivity index (χ0v) is 19.8. The highest BCUT2D eigenvalue weighted by atomic mass is 79.9. The molecule has 2 N–H and O–H groups in total. The fourth-order valence-corrected chi connectivity index (χ4v) is 4.17. The molecule has 0 aliphatic carbocycles. The fourth-order valence-electron chi connectivity index (χ4n) is 2.60. The number of amides is 1. The molecule has 3 aromatic rings. The van der Waals surface area contributed by atoms with Gasteiger partial charge in [-0.1, -0.05) is 23.7 Å². The monoisotopic (exact) mass is 560 g/mol. The minimum atomic E-state index is -0.552. The number of aromatic hydroxyl groups is 1. The molecule has 0 bridgehead atoms. The first-order chi connectivity index (χ1) is 14.9. The Morgan fingerprint density at radius 1 is 1.10 bits per heavy atom. The van der Waals surface area contributed by atoms with Crippen molar-refractivity contribution in [3.63, 3.8) is 0 Å². The van der Waals surface area contributed by atoms with Crippen LogP contribution in [0.2, 0.25) is 5.02 Å². The van der Waals surface area contributed by atoms with Crippen molar-refractivity contribution in [3.8, 4) is 17.6 Å². The van der Waals surface area contributed by atoms with E-state index in [1.807, 2.05) is 18.2 Å². The van der Waals surface area contributed by atoms with Gasteiger partial charge in [0.25, 0.3) is 5.91 Å². The largest absolute Gasteiger partial charge is 0.508 e. The molecule has 3 aromatic carbocycles. The molecule has 31 heavy (non-hydrogen) atoms. The van der Waals surface area contributed by atoms with Crippen LogP contribution in [0.4, 0.5) is 5.69 Å². The second-order valence-corrected chi connectivity index (χ2v) is 8.54. The van der Waals surface area contributed by atoms with Gasteiger partial charge in [-0.3, -0.25) is 4.79 Å². The van der Waals surface area contributed by atoms with Crippen LogP contribution in [0.3, 0.4) is 0 Å². The Kier molecular flexibility index (Phi) is 7.75. The van der Waals surface area contributed by atoms with Gasteiger partial charge in [-0.25, -0.2) is 0 Å². The molecule has 0 unspecified atom stereocenters. The Morgan fingerprint density at radius 2 is 1.71 bits per heavy atom. The van der Waals surface area contributed by atoms with E-state index in [4.69, 9.17) is 16.3 Å². The Bertz CT molecular complexity index is 1150. The van der Waals surface area contributed by atoms with Crippen molar-refractivity contribution >= 4 is 61.1 Å². The van der Waals surface area contributed by atoms with Gasteiger partial charge in [0.2, 0.25) is 0 Å². The van der Waals surface area contributed by atoms with Crippen LogP contribution in [-0.2, 0) is 11.4 Å². The molecule has 0 aromatic heterocycles. The Labute approximate surface area is 201 Å². The lowest BCUT2D eigenvalue weighted by Crippen LogP contribution is -2.13. The summed E-state index contributed by atoms with van der Waals surface area (Å²) in [6, 6.07) is 18.8. The highest BCUT2D eigenvalue weighted by Crippen LogP contribution is 2.36. The molecule has 0 saturated carbocycles. The number of nitrogens with zero attached hydrogens (tertiary/aromatic N) is 1. The average Bonchev–Trinajstić information content (AvgIpc) is 2.74. The van der Waals surface area contributed by atoms with Crippen LogP contribution >= 0.6 is 43.5 Å². The maximum absolute atomic E-state index is 12.4. The number of hydrogen-bond acceptors (Lipinski definition) is 4. The molecule has 0 heterocycles. The molecule has 1 amide bonds. The minimum absolute atomic E-state index is 0.0679. The molecule has 3 rings (SSSR count). The number of carbonyl (C=O) groups is 1. The van der Waals surface area contributed by atoms with E-state index in [0.29, 0.717) is 37.6 Å². The molecule has 0 saturated heterocycles. The number of rotatable bonds is 6. The van der Waals surface area contributed by atoms with Crippen molar-refractivity contribution in [3.05, 3.63) is 91.3 Å². The number of anilines is 1. The number of benzene rings is 3. The normalized spacial score (nSPS) is 11.0. The number of halogens is 3. The summed E-state index contributed by atoms with van der Waals surface area (Å²) in [5, 5.41) is 22.0. The predicted molar refractivity (Wildman–Crippen MR) is 128 cm³/mol. The number of ether oxygens (including phenoxy) is 1. The molecule has 0 aliphatic heterocycles. The third-order valence-electron chi connectivity index (χ3n) is 4.12. The van der Waals surface area contributed by atoms with Gasteiger partial charge in [-0.05, 0) is 97.6 Å². The van der Waals surface area contributed by atoms with Crippen molar-refractivity contribution in [2.45, 2.75) is 6.61 Å². The molecule has 0 aliphatic rings. The lowest BCUT2D eigenvalue weighted by molar-refractivity contribution is -0.112. The summed E-state index contributed by atoms with van der Waals surface area (Å²) in [7, 11) is 0. The molecule has 0 atom stereocenters. The Balaban J connectivity index is 1.76. The third kappa shape index (κ3) is 6.34. The molecular formula is C23H15Br2ClN2O3. The van der Waals surface area contributed by atoms with Gasteiger partial charge >= 0.3 is 0 Å². The fraction of sp³-hybridized carbons (Fsp3) is 0.0435. The van der Waals surface area contributed by atoms with Crippen molar-refractivity contribution < 1.29 is 14.6 Å². The molecule has 5 nitrogen and oxygen atoms in total.